The summed E-state index contributed by atoms with van der Waals surface area (Å²) in [6.07, 6.45) is 0.262. The average Bonchev–Trinajstić information content (AvgIpc) is 3.28. The predicted molar refractivity (Wildman–Crippen MR) is 228 cm³/mol. The third kappa shape index (κ3) is 10.6. The highest BCUT2D eigenvalue weighted by Crippen LogP contribution is 2.25. The van der Waals surface area contributed by atoms with Crippen LogP contribution in [0.3, 0.4) is 0 Å². The van der Waals surface area contributed by atoms with Crippen molar-refractivity contribution in [1.29, 1.82) is 0 Å². The molecule has 0 bridgehead atoms. The lowest BCUT2D eigenvalue weighted by Crippen LogP contribution is -2.18. The number of ether oxygens (including phenoxy) is 5. The highest BCUT2D eigenvalue weighted by molar-refractivity contribution is 5.79. The van der Waals surface area contributed by atoms with Crippen LogP contribution in [0.1, 0.15) is 33.6 Å². The number of para-hydroxylation sites is 2. The number of carbonyl (C=O) groups is 2. The van der Waals surface area contributed by atoms with E-state index < -0.39 is 11.9 Å². The van der Waals surface area contributed by atoms with Crippen molar-refractivity contribution in [1.82, 2.24) is 9.97 Å². The van der Waals surface area contributed by atoms with Crippen molar-refractivity contribution in [3.63, 3.8) is 0 Å². The van der Waals surface area contributed by atoms with Gasteiger partial charge in [-0.05, 0) is 114 Å². The lowest BCUT2D eigenvalue weighted by molar-refractivity contribution is -0.137. The summed E-state index contributed by atoms with van der Waals surface area (Å²) in [5.74, 6) is 1.34. The molecule has 60 heavy (non-hydrogen) atoms. The van der Waals surface area contributed by atoms with Crippen LogP contribution in [0.5, 0.6) is 28.7 Å². The fourth-order valence-corrected chi connectivity index (χ4v) is 6.56. The van der Waals surface area contributed by atoms with Crippen LogP contribution in [0.15, 0.2) is 164 Å². The second-order valence-electron chi connectivity index (χ2n) is 14.1. The zero-order valence-electron chi connectivity index (χ0n) is 32.5. The second-order valence-corrected chi connectivity index (χ2v) is 14.1. The van der Waals surface area contributed by atoms with Gasteiger partial charge in [-0.2, -0.15) is 0 Å². The fraction of sp³-hybridized carbons (Fsp3) is 0.120. The molecule has 0 unspecified atom stereocenters. The molecule has 1 N–H and O–H groups in total. The molecule has 0 amide bonds. The fourth-order valence-electron chi connectivity index (χ4n) is 6.56. The largest absolute Gasteiger partial charge is 0.489 e. The normalized spacial score (nSPS) is 10.9. The van der Waals surface area contributed by atoms with Gasteiger partial charge in [0, 0.05) is 10.8 Å². The summed E-state index contributed by atoms with van der Waals surface area (Å²) in [4.78, 5) is 33.8. The number of hydrogen-bond donors (Lipinski definition) is 1. The molecule has 0 radical (unpaired) electrons. The zero-order chi connectivity index (χ0) is 41.1. The van der Waals surface area contributed by atoms with E-state index >= 15 is 0 Å². The van der Waals surface area contributed by atoms with Crippen LogP contribution < -0.4 is 23.7 Å². The molecule has 0 atom stereocenters. The Hall–Kier alpha value is -7.72. The molecular weight excluding hydrogens is 757 g/mol. The number of nitrogens with zero attached hydrogens (tertiary/aromatic N) is 2. The van der Waals surface area contributed by atoms with E-state index in [-0.39, 0.29) is 13.0 Å². The van der Waals surface area contributed by atoms with Crippen molar-refractivity contribution in [2.75, 3.05) is 6.61 Å². The molecule has 0 saturated heterocycles. The maximum atomic E-state index is 12.8. The number of carboxylic acid groups (broad SMARTS) is 1. The molecule has 0 spiro atoms. The van der Waals surface area contributed by atoms with Gasteiger partial charge < -0.3 is 28.8 Å². The van der Waals surface area contributed by atoms with Crippen molar-refractivity contribution in [3.05, 3.63) is 197 Å². The van der Waals surface area contributed by atoms with Crippen molar-refractivity contribution < 1.29 is 38.4 Å². The smallest absolute Gasteiger partial charge is 0.349 e. The summed E-state index contributed by atoms with van der Waals surface area (Å²) >= 11 is 0. The monoisotopic (exact) mass is 796 g/mol. The van der Waals surface area contributed by atoms with Crippen LogP contribution in [-0.2, 0) is 42.3 Å². The summed E-state index contributed by atoms with van der Waals surface area (Å²) < 4.78 is 29.2. The summed E-state index contributed by atoms with van der Waals surface area (Å²) in [5, 5.41) is 11.7. The molecule has 0 saturated carbocycles. The summed E-state index contributed by atoms with van der Waals surface area (Å²) in [7, 11) is 0. The van der Waals surface area contributed by atoms with E-state index in [9.17, 15) is 14.7 Å². The van der Waals surface area contributed by atoms with Crippen LogP contribution in [0, 0.1) is 0 Å². The molecule has 2 aromatic heterocycles. The Morgan fingerprint density at radius 3 is 1.52 bits per heavy atom. The van der Waals surface area contributed by atoms with Gasteiger partial charge in [-0.25, -0.2) is 14.8 Å². The molecular formula is C50H40N2O8. The minimum absolute atomic E-state index is 0.166. The van der Waals surface area contributed by atoms with Crippen LogP contribution in [0.25, 0.3) is 21.8 Å². The highest BCUT2D eigenvalue weighted by Gasteiger charge is 2.13. The van der Waals surface area contributed by atoms with Gasteiger partial charge >= 0.3 is 11.9 Å². The summed E-state index contributed by atoms with van der Waals surface area (Å²) in [5.41, 5.74) is 6.74. The average molecular weight is 797 g/mol. The minimum atomic E-state index is -0.954. The lowest BCUT2D eigenvalue weighted by Gasteiger charge is -2.13. The summed E-state index contributed by atoms with van der Waals surface area (Å²) in [6, 6.07) is 51.2. The third-order valence-electron chi connectivity index (χ3n) is 9.66. The number of esters is 1. The van der Waals surface area contributed by atoms with E-state index in [1.807, 2.05) is 133 Å². The number of hydrogen-bond acceptors (Lipinski definition) is 9. The Kier molecular flexibility index (Phi) is 12.2. The Labute approximate surface area is 346 Å². The van der Waals surface area contributed by atoms with Gasteiger partial charge in [-0.1, -0.05) is 78.9 Å². The van der Waals surface area contributed by atoms with Gasteiger partial charge in [0.1, 0.15) is 48.6 Å². The van der Waals surface area contributed by atoms with Crippen LogP contribution in [0.2, 0.25) is 0 Å². The maximum Gasteiger partial charge on any atom is 0.349 e. The molecule has 298 valence electrons. The molecule has 10 heteroatoms. The molecule has 0 fully saturated rings. The number of benzene rings is 6. The highest BCUT2D eigenvalue weighted by atomic mass is 16.6. The zero-order valence-corrected chi connectivity index (χ0v) is 32.5. The van der Waals surface area contributed by atoms with E-state index in [1.165, 1.54) is 0 Å². The Bertz CT molecular complexity index is 2740. The molecule has 0 aliphatic heterocycles. The second kappa shape index (κ2) is 18.7. The van der Waals surface area contributed by atoms with Gasteiger partial charge in [-0.3, -0.25) is 4.79 Å². The Balaban J connectivity index is 0.793. The van der Waals surface area contributed by atoms with Gasteiger partial charge in [0.05, 0.1) is 28.8 Å². The molecule has 8 aromatic rings. The SMILES string of the molecule is O=C(O)Cc1ccc(OC(=O)COc2ccc(COc3ccc(OCc4ccc5ccccc5n4)cc3)cc2)cc1Cc1ccc(OCc2ccc3ccccc3n2)cc1. The quantitative estimate of drug-likeness (QED) is 0.0703. The first-order valence-electron chi connectivity index (χ1n) is 19.4. The van der Waals surface area contributed by atoms with Gasteiger partial charge in [-0.15, -0.1) is 0 Å². The molecule has 0 aliphatic rings. The number of aliphatic carboxylic acids is 1. The van der Waals surface area contributed by atoms with Gasteiger partial charge in [0.25, 0.3) is 0 Å². The van der Waals surface area contributed by atoms with Crippen molar-refractivity contribution >= 4 is 33.7 Å². The van der Waals surface area contributed by atoms with E-state index in [1.54, 1.807) is 30.3 Å². The van der Waals surface area contributed by atoms with Gasteiger partial charge in [0.2, 0.25) is 0 Å². The molecule has 0 aliphatic carbocycles. The number of aromatic nitrogens is 2. The number of pyridine rings is 2. The van der Waals surface area contributed by atoms with Gasteiger partial charge in [0.15, 0.2) is 6.61 Å². The van der Waals surface area contributed by atoms with E-state index in [2.05, 4.69) is 9.97 Å². The molecule has 2 heterocycles. The minimum Gasteiger partial charge on any atom is -0.489 e. The van der Waals surface area contributed by atoms with Crippen molar-refractivity contribution in [3.8, 4) is 28.7 Å². The van der Waals surface area contributed by atoms with Crippen molar-refractivity contribution in [2.45, 2.75) is 32.7 Å². The van der Waals surface area contributed by atoms with E-state index in [4.69, 9.17) is 23.7 Å². The van der Waals surface area contributed by atoms with E-state index in [0.29, 0.717) is 60.6 Å². The van der Waals surface area contributed by atoms with E-state index in [0.717, 1.165) is 49.9 Å². The first kappa shape index (κ1) is 39.1. The first-order valence-corrected chi connectivity index (χ1v) is 19.4. The number of carboxylic acids is 1. The third-order valence-corrected chi connectivity index (χ3v) is 9.66. The Morgan fingerprint density at radius 1 is 0.467 bits per heavy atom. The number of carbonyl (C=O) groups excluding carboxylic acids is 1. The first-order chi connectivity index (χ1) is 29.4. The molecule has 6 aromatic carbocycles. The van der Waals surface area contributed by atoms with Crippen LogP contribution >= 0.6 is 0 Å². The standard InChI is InChI=1S/C50H40N2O8/c53-49(54)29-38-15-22-46(28-39(38)27-34-9-18-42(19-10-34)57-31-40-16-13-36-5-1-3-7-47(36)51-40)60-50(55)33-59-43-20-11-35(12-21-43)30-56-44-23-25-45(26-24-44)58-32-41-17-14-37-6-2-4-8-48(37)52-41/h1-26,28H,27,29-33H2,(H,53,54). The predicted octanol–water partition coefficient (Wildman–Crippen LogP) is 9.72. The van der Waals surface area contributed by atoms with Crippen LogP contribution in [-0.4, -0.2) is 33.6 Å². The molecule has 8 rings (SSSR count). The summed E-state index contributed by atoms with van der Waals surface area (Å²) in [6.45, 7) is 0.708. The lowest BCUT2D eigenvalue weighted by atomic mass is 9.97. The maximum absolute atomic E-state index is 12.8. The Morgan fingerprint density at radius 2 is 0.950 bits per heavy atom. The van der Waals surface area contributed by atoms with Crippen LogP contribution in [0.4, 0.5) is 0 Å². The number of fused-ring (bicyclic) bond motifs is 2. The molecule has 10 nitrogen and oxygen atoms in total. The van der Waals surface area contributed by atoms with Crippen molar-refractivity contribution in [2.24, 2.45) is 0 Å². The number of rotatable bonds is 17. The topological polar surface area (TPSA) is 126 Å².